The Hall–Kier alpha value is -2.98. The van der Waals surface area contributed by atoms with Crippen LogP contribution in [0.2, 0.25) is 0 Å². The molecule has 3 heterocycles. The molecule has 10 heteroatoms. The molecule has 0 atom stereocenters. The molecular formula is C18H15N5O3S2. The summed E-state index contributed by atoms with van der Waals surface area (Å²) in [6.45, 7) is 3.32. The Labute approximate surface area is 167 Å². The summed E-state index contributed by atoms with van der Waals surface area (Å²) in [5.74, 6) is -0.115. The van der Waals surface area contributed by atoms with Gasteiger partial charge in [-0.05, 0) is 31.5 Å². The van der Waals surface area contributed by atoms with E-state index in [1.807, 2.05) is 18.2 Å². The highest BCUT2D eigenvalue weighted by molar-refractivity contribution is 8.15. The number of anilines is 1. The highest BCUT2D eigenvalue weighted by atomic mass is 32.2. The van der Waals surface area contributed by atoms with Crippen LogP contribution in [-0.4, -0.2) is 32.4 Å². The van der Waals surface area contributed by atoms with Crippen LogP contribution >= 0.6 is 23.1 Å². The molecule has 1 fully saturated rings. The Bertz CT molecular complexity index is 1210. The van der Waals surface area contributed by atoms with Gasteiger partial charge in [0.15, 0.2) is 5.17 Å². The first-order chi connectivity index (χ1) is 13.4. The zero-order valence-electron chi connectivity index (χ0n) is 15.0. The zero-order chi connectivity index (χ0) is 20.0. The number of para-hydroxylation sites is 1. The van der Waals surface area contributed by atoms with Crippen LogP contribution in [0.5, 0.6) is 0 Å². The average molecular weight is 413 g/mol. The van der Waals surface area contributed by atoms with Gasteiger partial charge in [0.25, 0.3) is 11.5 Å². The van der Waals surface area contributed by atoms with Crippen LogP contribution in [0.1, 0.15) is 21.1 Å². The highest BCUT2D eigenvalue weighted by Crippen LogP contribution is 2.28. The second kappa shape index (κ2) is 6.88. The highest BCUT2D eigenvalue weighted by Gasteiger charge is 2.30. The smallest absolute Gasteiger partial charge is 0.283 e. The molecule has 28 heavy (non-hydrogen) atoms. The summed E-state index contributed by atoms with van der Waals surface area (Å²) in [7, 11) is 0. The molecule has 3 aromatic rings. The maximum absolute atomic E-state index is 13.1. The molecule has 1 aliphatic heterocycles. The van der Waals surface area contributed by atoms with E-state index in [4.69, 9.17) is 5.73 Å². The number of amides is 2. The van der Waals surface area contributed by atoms with Gasteiger partial charge in [0, 0.05) is 0 Å². The number of nitrogens with zero attached hydrogens (tertiary/aromatic N) is 4. The van der Waals surface area contributed by atoms with Crippen molar-refractivity contribution in [2.75, 3.05) is 10.7 Å². The van der Waals surface area contributed by atoms with E-state index in [-0.39, 0.29) is 11.7 Å². The number of nitrogens with two attached hydrogens (primary N) is 1. The van der Waals surface area contributed by atoms with Crippen molar-refractivity contribution in [1.29, 1.82) is 0 Å². The minimum Gasteiger partial charge on any atom is -0.365 e. The predicted molar refractivity (Wildman–Crippen MR) is 111 cm³/mol. The molecule has 0 aliphatic carbocycles. The fraction of sp³-hybridized carbons (Fsp3) is 0.167. The van der Waals surface area contributed by atoms with Crippen molar-refractivity contribution in [2.24, 2.45) is 10.8 Å². The molecule has 1 aromatic carbocycles. The molecular weight excluding hydrogens is 398 g/mol. The third-order valence-electron chi connectivity index (χ3n) is 4.29. The summed E-state index contributed by atoms with van der Waals surface area (Å²) < 4.78 is 1.17. The van der Waals surface area contributed by atoms with Crippen LogP contribution in [0.3, 0.4) is 0 Å². The van der Waals surface area contributed by atoms with Crippen molar-refractivity contribution in [1.82, 2.24) is 9.66 Å². The van der Waals surface area contributed by atoms with Gasteiger partial charge < -0.3 is 5.73 Å². The number of benzene rings is 1. The second-order valence-electron chi connectivity index (χ2n) is 6.11. The van der Waals surface area contributed by atoms with Crippen LogP contribution in [0.25, 0.3) is 10.2 Å². The molecule has 142 valence electrons. The number of hydrogen-bond acceptors (Lipinski definition) is 7. The van der Waals surface area contributed by atoms with Gasteiger partial charge in [-0.15, -0.1) is 16.4 Å². The van der Waals surface area contributed by atoms with Crippen LogP contribution in [-0.2, 0) is 4.79 Å². The monoisotopic (exact) mass is 413 g/mol. The van der Waals surface area contributed by atoms with Gasteiger partial charge in [-0.1, -0.05) is 30.0 Å². The van der Waals surface area contributed by atoms with E-state index in [2.05, 4.69) is 10.1 Å². The average Bonchev–Trinajstić information content (AvgIpc) is 3.19. The van der Waals surface area contributed by atoms with E-state index in [9.17, 15) is 14.4 Å². The molecule has 1 aliphatic rings. The first kappa shape index (κ1) is 18.4. The molecule has 0 saturated carbocycles. The number of aryl methyl sites for hydroxylation is 2. The topological polar surface area (TPSA) is 111 Å². The Morgan fingerprint density at radius 3 is 2.61 bits per heavy atom. The molecule has 0 radical (unpaired) electrons. The zero-order valence-corrected chi connectivity index (χ0v) is 16.6. The van der Waals surface area contributed by atoms with E-state index >= 15 is 0 Å². The first-order valence-electron chi connectivity index (χ1n) is 8.31. The van der Waals surface area contributed by atoms with Crippen LogP contribution in [0.4, 0.5) is 5.69 Å². The Morgan fingerprint density at radius 2 is 1.93 bits per heavy atom. The quantitative estimate of drug-likeness (QED) is 0.707. The molecule has 2 N–H and O–H groups in total. The number of aromatic nitrogens is 2. The maximum Gasteiger partial charge on any atom is 0.283 e. The SMILES string of the molecule is Cc1c(C(N)=O)sc2nc(C)n(/N=C3\SCC(=O)N3c3ccccc3)c(=O)c12. The number of primary amides is 1. The molecule has 0 bridgehead atoms. The number of rotatable bonds is 3. The summed E-state index contributed by atoms with van der Waals surface area (Å²) in [5, 5.41) is 5.13. The van der Waals surface area contributed by atoms with E-state index in [1.165, 1.54) is 21.3 Å². The number of hydrogen-bond donors (Lipinski definition) is 1. The predicted octanol–water partition coefficient (Wildman–Crippen LogP) is 2.07. The molecule has 2 amide bonds. The fourth-order valence-electron chi connectivity index (χ4n) is 2.98. The number of carbonyl (C=O) groups is 2. The van der Waals surface area contributed by atoms with E-state index in [1.54, 1.807) is 26.0 Å². The van der Waals surface area contributed by atoms with E-state index in [0.717, 1.165) is 11.3 Å². The van der Waals surface area contributed by atoms with Crippen molar-refractivity contribution in [3.63, 3.8) is 0 Å². The summed E-state index contributed by atoms with van der Waals surface area (Å²) >= 11 is 2.35. The Balaban J connectivity index is 1.89. The molecule has 0 spiro atoms. The summed E-state index contributed by atoms with van der Waals surface area (Å²) in [4.78, 5) is 43.7. The van der Waals surface area contributed by atoms with Crippen molar-refractivity contribution in [2.45, 2.75) is 13.8 Å². The second-order valence-corrected chi connectivity index (χ2v) is 8.05. The minimum atomic E-state index is -0.595. The van der Waals surface area contributed by atoms with Gasteiger partial charge in [0.2, 0.25) is 5.91 Å². The van der Waals surface area contributed by atoms with Crippen molar-refractivity contribution >= 4 is 56.0 Å². The van der Waals surface area contributed by atoms with Gasteiger partial charge >= 0.3 is 0 Å². The molecule has 8 nitrogen and oxygen atoms in total. The fourth-order valence-corrected chi connectivity index (χ4v) is 4.91. The summed E-state index contributed by atoms with van der Waals surface area (Å²) in [5.41, 5.74) is 6.17. The van der Waals surface area contributed by atoms with Gasteiger partial charge in [-0.3, -0.25) is 19.3 Å². The number of thiophene rings is 1. The molecule has 1 saturated heterocycles. The maximum atomic E-state index is 13.1. The standard InChI is InChI=1S/C18H15N5O3S2/c1-9-13-16(28-14(9)15(19)25)20-10(2)23(17(13)26)21-18-22(12(24)8-27-18)11-6-4-3-5-7-11/h3-7H,8H2,1-2H3,(H2,19,25)/b21-18-. The lowest BCUT2D eigenvalue weighted by molar-refractivity contribution is -0.115. The lowest BCUT2D eigenvalue weighted by Crippen LogP contribution is -2.31. The summed E-state index contributed by atoms with van der Waals surface area (Å²) in [6.07, 6.45) is 0. The van der Waals surface area contributed by atoms with Crippen LogP contribution < -0.4 is 16.2 Å². The van der Waals surface area contributed by atoms with Crippen molar-refractivity contribution in [3.8, 4) is 0 Å². The minimum absolute atomic E-state index is 0.114. The van der Waals surface area contributed by atoms with E-state index < -0.39 is 11.5 Å². The number of carbonyl (C=O) groups excluding carboxylic acids is 2. The number of fused-ring (bicyclic) bond motifs is 1. The van der Waals surface area contributed by atoms with Gasteiger partial charge in [0.1, 0.15) is 10.7 Å². The normalized spacial score (nSPS) is 15.7. The summed E-state index contributed by atoms with van der Waals surface area (Å²) in [6, 6.07) is 9.12. The van der Waals surface area contributed by atoms with E-state index in [0.29, 0.717) is 37.3 Å². The number of amidine groups is 1. The van der Waals surface area contributed by atoms with Crippen LogP contribution in [0, 0.1) is 13.8 Å². The third-order valence-corrected chi connectivity index (χ3v) is 6.41. The van der Waals surface area contributed by atoms with Crippen molar-refractivity contribution in [3.05, 3.63) is 57.0 Å². The Kier molecular flexibility index (Phi) is 4.52. The van der Waals surface area contributed by atoms with Gasteiger partial charge in [-0.25, -0.2) is 4.98 Å². The van der Waals surface area contributed by atoms with Gasteiger partial charge in [-0.2, -0.15) is 4.68 Å². The third kappa shape index (κ3) is 2.90. The molecule has 4 rings (SSSR count). The van der Waals surface area contributed by atoms with Gasteiger partial charge in [0.05, 0.1) is 21.7 Å². The molecule has 2 aromatic heterocycles. The number of thioether (sulfide) groups is 1. The first-order valence-corrected chi connectivity index (χ1v) is 10.1. The van der Waals surface area contributed by atoms with Crippen LogP contribution in [0.15, 0.2) is 40.2 Å². The lowest BCUT2D eigenvalue weighted by Gasteiger charge is -2.16. The molecule has 0 unspecified atom stereocenters. The lowest BCUT2D eigenvalue weighted by atomic mass is 10.2. The van der Waals surface area contributed by atoms with Crippen molar-refractivity contribution < 1.29 is 9.59 Å². The largest absolute Gasteiger partial charge is 0.365 e. The Morgan fingerprint density at radius 1 is 1.21 bits per heavy atom.